The van der Waals surface area contributed by atoms with Crippen molar-refractivity contribution in [1.29, 1.82) is 0 Å². The van der Waals surface area contributed by atoms with Gasteiger partial charge in [0, 0.05) is 0 Å². The molecule has 19 heavy (non-hydrogen) atoms. The maximum absolute atomic E-state index is 9.99. The molecule has 1 unspecified atom stereocenters. The van der Waals surface area contributed by atoms with Gasteiger partial charge >= 0.3 is 11.9 Å². The zero-order valence-electron chi connectivity index (χ0n) is 10.1. The number of carbonyl (C=O) groups is 4. The highest BCUT2D eigenvalue weighted by atomic mass is 16.4. The van der Waals surface area contributed by atoms with E-state index in [1.54, 1.807) is 0 Å². The Morgan fingerprint density at radius 2 is 1.21 bits per heavy atom. The molecule has 112 valence electrons. The van der Waals surface area contributed by atoms with Crippen LogP contribution in [0.3, 0.4) is 0 Å². The third kappa shape index (κ3) is 31.3. The third-order valence-corrected chi connectivity index (χ3v) is 1.11. The van der Waals surface area contributed by atoms with Crippen molar-refractivity contribution in [3.63, 3.8) is 0 Å². The van der Waals surface area contributed by atoms with Crippen LogP contribution in [0.4, 0.5) is 0 Å². The number of primary amides is 2. The van der Waals surface area contributed by atoms with Gasteiger partial charge in [-0.15, -0.1) is 0 Å². The number of nitrogens with two attached hydrogens (primary N) is 5. The van der Waals surface area contributed by atoms with Gasteiger partial charge < -0.3 is 38.9 Å². The van der Waals surface area contributed by atoms with Crippen molar-refractivity contribution in [1.82, 2.24) is 0 Å². The average molecular weight is 281 g/mol. The molecule has 0 rings (SSSR count). The number of carboxylic acids is 2. The minimum Gasteiger partial charge on any atom is -0.480 e. The summed E-state index contributed by atoms with van der Waals surface area (Å²) in [6, 6.07) is -1.16. The van der Waals surface area contributed by atoms with Crippen molar-refractivity contribution in [3.05, 3.63) is 0 Å². The van der Waals surface area contributed by atoms with E-state index in [4.69, 9.17) is 21.7 Å². The van der Waals surface area contributed by atoms with E-state index in [1.165, 1.54) is 0 Å². The van der Waals surface area contributed by atoms with Crippen LogP contribution in [0.2, 0.25) is 0 Å². The molecule has 0 fully saturated rings. The summed E-state index contributed by atoms with van der Waals surface area (Å²) in [5, 5.41) is 15.7. The molecule has 0 spiro atoms. The minimum absolute atomic E-state index is 0.0556. The molecule has 2 amide bonds. The van der Waals surface area contributed by atoms with E-state index >= 15 is 0 Å². The van der Waals surface area contributed by atoms with Gasteiger partial charge in [-0.1, -0.05) is 0 Å². The fourth-order valence-electron chi connectivity index (χ4n) is 0.304. The van der Waals surface area contributed by atoms with Crippen molar-refractivity contribution >= 4 is 23.8 Å². The number of hydrogen-bond acceptors (Lipinski definition) is 7. The van der Waals surface area contributed by atoms with Crippen LogP contribution in [-0.4, -0.2) is 53.1 Å². The lowest BCUT2D eigenvalue weighted by molar-refractivity contribution is -0.140. The van der Waals surface area contributed by atoms with Gasteiger partial charge in [0.1, 0.15) is 6.04 Å². The number of carbonyl (C=O) groups excluding carboxylic acids is 2. The Kier molecular flexibility index (Phi) is 16.0. The molecule has 0 saturated carbocycles. The SMILES string of the molecule is NC(=O)CC(N)C(=O)O.NCC(=O)O.NCC(N)=O. The van der Waals surface area contributed by atoms with Gasteiger partial charge in [-0.25, -0.2) is 0 Å². The number of aliphatic carboxylic acids is 2. The predicted molar refractivity (Wildman–Crippen MR) is 64.4 cm³/mol. The van der Waals surface area contributed by atoms with Gasteiger partial charge in [0.05, 0.1) is 19.5 Å². The van der Waals surface area contributed by atoms with Crippen LogP contribution in [0, 0.1) is 0 Å². The van der Waals surface area contributed by atoms with Crippen LogP contribution in [0.15, 0.2) is 0 Å². The first-order chi connectivity index (χ1) is 8.58. The van der Waals surface area contributed by atoms with E-state index in [2.05, 4.69) is 17.2 Å². The van der Waals surface area contributed by atoms with E-state index in [9.17, 15) is 19.2 Å². The Labute approximate surface area is 108 Å². The minimum atomic E-state index is -1.21. The summed E-state index contributed by atoms with van der Waals surface area (Å²) in [7, 11) is 0. The second-order valence-corrected chi connectivity index (χ2v) is 2.88. The second kappa shape index (κ2) is 13.8. The van der Waals surface area contributed by atoms with Crippen molar-refractivity contribution in [3.8, 4) is 0 Å². The molecule has 0 radical (unpaired) electrons. The number of amides is 2. The van der Waals surface area contributed by atoms with E-state index < -0.39 is 29.8 Å². The molecule has 0 aromatic heterocycles. The Balaban J connectivity index is -0.000000219. The van der Waals surface area contributed by atoms with Crippen molar-refractivity contribution in [2.45, 2.75) is 12.5 Å². The van der Waals surface area contributed by atoms with Crippen LogP contribution in [-0.2, 0) is 19.2 Å². The molecule has 0 aromatic rings. The smallest absolute Gasteiger partial charge is 0.321 e. The van der Waals surface area contributed by atoms with Gasteiger partial charge in [-0.2, -0.15) is 0 Å². The van der Waals surface area contributed by atoms with Gasteiger partial charge in [-0.05, 0) is 0 Å². The van der Waals surface area contributed by atoms with Gasteiger partial charge in [0.15, 0.2) is 0 Å². The molecule has 0 aliphatic rings. The maximum atomic E-state index is 9.99. The van der Waals surface area contributed by atoms with Gasteiger partial charge in [0.25, 0.3) is 0 Å². The number of hydrogen-bond donors (Lipinski definition) is 7. The summed E-state index contributed by atoms with van der Waals surface area (Å²) in [6.45, 7) is -0.333. The molecule has 0 aliphatic carbocycles. The first-order valence-corrected chi connectivity index (χ1v) is 4.75. The largest absolute Gasteiger partial charge is 0.480 e. The summed E-state index contributed by atoms with van der Waals surface area (Å²) in [6.07, 6.45) is -0.310. The molecular formula is C8H19N5O6. The quantitative estimate of drug-likeness (QED) is 0.257. The summed E-state index contributed by atoms with van der Waals surface area (Å²) in [5.41, 5.74) is 23.4. The van der Waals surface area contributed by atoms with Crippen LogP contribution in [0.25, 0.3) is 0 Å². The topological polar surface area (TPSA) is 239 Å². The van der Waals surface area contributed by atoms with E-state index in [0.29, 0.717) is 0 Å². The van der Waals surface area contributed by atoms with Crippen LogP contribution < -0.4 is 28.7 Å². The molecule has 11 heteroatoms. The summed E-state index contributed by atoms with van der Waals surface area (Å²) < 4.78 is 0. The van der Waals surface area contributed by atoms with Crippen molar-refractivity contribution in [2.24, 2.45) is 28.7 Å². The van der Waals surface area contributed by atoms with Crippen LogP contribution in [0.1, 0.15) is 6.42 Å². The molecular weight excluding hydrogens is 262 g/mol. The van der Waals surface area contributed by atoms with Gasteiger partial charge in [0.2, 0.25) is 11.8 Å². The highest BCUT2D eigenvalue weighted by molar-refractivity contribution is 5.83. The normalized spacial score (nSPS) is 9.84. The molecule has 11 nitrogen and oxygen atoms in total. The number of rotatable bonds is 5. The molecule has 0 saturated heterocycles. The van der Waals surface area contributed by atoms with E-state index in [-0.39, 0.29) is 19.5 Å². The summed E-state index contributed by atoms with van der Waals surface area (Å²) >= 11 is 0. The highest BCUT2D eigenvalue weighted by Crippen LogP contribution is 1.84. The lowest BCUT2D eigenvalue weighted by Crippen LogP contribution is -2.34. The molecule has 0 heterocycles. The Bertz CT molecular complexity index is 294. The third-order valence-electron chi connectivity index (χ3n) is 1.11. The lowest BCUT2D eigenvalue weighted by atomic mass is 10.2. The zero-order chi connectivity index (χ0) is 16.0. The summed E-state index contributed by atoms with van der Waals surface area (Å²) in [4.78, 5) is 38.6. The van der Waals surface area contributed by atoms with Gasteiger partial charge in [-0.3, -0.25) is 19.2 Å². The fraction of sp³-hybridized carbons (Fsp3) is 0.500. The van der Waals surface area contributed by atoms with E-state index in [0.717, 1.165) is 0 Å². The fourth-order valence-corrected chi connectivity index (χ4v) is 0.304. The Hall–Kier alpha value is -2.24. The Morgan fingerprint density at radius 3 is 1.26 bits per heavy atom. The lowest BCUT2D eigenvalue weighted by Gasteiger charge is -1.99. The predicted octanol–water partition coefficient (Wildman–Crippen LogP) is -4.27. The van der Waals surface area contributed by atoms with Crippen molar-refractivity contribution < 1.29 is 29.4 Å². The monoisotopic (exact) mass is 281 g/mol. The first kappa shape index (κ1) is 22.0. The zero-order valence-corrected chi connectivity index (χ0v) is 10.1. The average Bonchev–Trinajstić information content (AvgIpc) is 2.29. The highest BCUT2D eigenvalue weighted by Gasteiger charge is 2.13. The standard InChI is InChI=1S/C4H8N2O3.C2H6N2O.C2H5NO2/c5-2(4(8)9)1-3(6)7;2*3-1-2(4)5/h2H,1,5H2,(H2,6,7)(H,8,9);1,3H2,(H2,4,5);1,3H2,(H,4,5). The first-order valence-electron chi connectivity index (χ1n) is 4.75. The second-order valence-electron chi connectivity index (χ2n) is 2.88. The summed E-state index contributed by atoms with van der Waals surface area (Å²) in [5.74, 6) is -3.35. The molecule has 1 atom stereocenters. The molecule has 12 N–H and O–H groups in total. The number of carboxylic acid groups (broad SMARTS) is 2. The van der Waals surface area contributed by atoms with Crippen molar-refractivity contribution in [2.75, 3.05) is 13.1 Å². The molecule has 0 aliphatic heterocycles. The Morgan fingerprint density at radius 1 is 0.895 bits per heavy atom. The molecule has 0 aromatic carbocycles. The maximum Gasteiger partial charge on any atom is 0.321 e. The van der Waals surface area contributed by atoms with Crippen LogP contribution in [0.5, 0.6) is 0 Å². The van der Waals surface area contributed by atoms with E-state index in [1.807, 2.05) is 0 Å². The molecule has 0 bridgehead atoms. The van der Waals surface area contributed by atoms with Crippen LogP contribution >= 0.6 is 0 Å².